The van der Waals surface area contributed by atoms with Crippen LogP contribution in [0.4, 0.5) is 5.69 Å². The van der Waals surface area contributed by atoms with Gasteiger partial charge < -0.3 is 14.8 Å². The topological polar surface area (TPSA) is 93.7 Å². The van der Waals surface area contributed by atoms with Crippen molar-refractivity contribution in [3.05, 3.63) is 83.4 Å². The van der Waals surface area contributed by atoms with E-state index in [2.05, 4.69) is 10.0 Å². The molecule has 0 saturated carbocycles. The molecule has 3 rings (SSSR count). The zero-order valence-corrected chi connectivity index (χ0v) is 18.2. The number of amides is 1. The van der Waals surface area contributed by atoms with Gasteiger partial charge in [-0.15, -0.1) is 0 Å². The highest BCUT2D eigenvalue weighted by Gasteiger charge is 2.17. The van der Waals surface area contributed by atoms with Crippen molar-refractivity contribution >= 4 is 33.2 Å². The van der Waals surface area contributed by atoms with Gasteiger partial charge in [-0.3, -0.25) is 9.52 Å². The van der Waals surface area contributed by atoms with Crippen molar-refractivity contribution in [2.45, 2.75) is 11.4 Å². The van der Waals surface area contributed by atoms with Crippen LogP contribution in [0.2, 0.25) is 5.02 Å². The standard InChI is InChI=1S/C22H21ClN2O5S/c1-29-18-9-7-17(8-10-18)25-31(27,28)19-11-12-21(20(23)13-19)30-15-22(26)24-14-16-5-3-2-4-6-16/h2-13,25H,14-15H2,1H3,(H,24,26). The third-order valence-corrected chi connectivity index (χ3v) is 5.92. The Morgan fingerprint density at radius 2 is 1.71 bits per heavy atom. The molecule has 0 heterocycles. The summed E-state index contributed by atoms with van der Waals surface area (Å²) >= 11 is 6.17. The summed E-state index contributed by atoms with van der Waals surface area (Å²) in [5, 5.41) is 2.82. The fraction of sp³-hybridized carbons (Fsp3) is 0.136. The fourth-order valence-corrected chi connectivity index (χ4v) is 4.01. The lowest BCUT2D eigenvalue weighted by molar-refractivity contribution is -0.123. The summed E-state index contributed by atoms with van der Waals surface area (Å²) in [5.41, 5.74) is 1.35. The van der Waals surface area contributed by atoms with Crippen molar-refractivity contribution in [1.82, 2.24) is 5.32 Å². The molecule has 0 atom stereocenters. The second-order valence-corrected chi connectivity index (χ2v) is 8.57. The molecule has 31 heavy (non-hydrogen) atoms. The van der Waals surface area contributed by atoms with E-state index in [0.29, 0.717) is 18.0 Å². The molecule has 0 unspecified atom stereocenters. The lowest BCUT2D eigenvalue weighted by Gasteiger charge is -2.12. The third-order valence-electron chi connectivity index (χ3n) is 4.25. The van der Waals surface area contributed by atoms with Gasteiger partial charge in [-0.2, -0.15) is 0 Å². The van der Waals surface area contributed by atoms with Crippen LogP contribution in [0.3, 0.4) is 0 Å². The van der Waals surface area contributed by atoms with Gasteiger partial charge >= 0.3 is 0 Å². The lowest BCUT2D eigenvalue weighted by atomic mass is 10.2. The highest BCUT2D eigenvalue weighted by molar-refractivity contribution is 7.92. The Balaban J connectivity index is 1.58. The van der Waals surface area contributed by atoms with Crippen molar-refractivity contribution in [2.24, 2.45) is 0 Å². The number of methoxy groups -OCH3 is 1. The molecule has 0 saturated heterocycles. The molecule has 0 aliphatic rings. The first-order valence-corrected chi connectivity index (χ1v) is 11.1. The first-order valence-electron chi connectivity index (χ1n) is 9.27. The van der Waals surface area contributed by atoms with Crippen molar-refractivity contribution in [1.29, 1.82) is 0 Å². The number of carbonyl (C=O) groups is 1. The van der Waals surface area contributed by atoms with Gasteiger partial charge in [0.1, 0.15) is 11.5 Å². The van der Waals surface area contributed by atoms with E-state index in [-0.39, 0.29) is 28.2 Å². The van der Waals surface area contributed by atoms with Crippen molar-refractivity contribution in [3.63, 3.8) is 0 Å². The third kappa shape index (κ3) is 6.37. The van der Waals surface area contributed by atoms with E-state index < -0.39 is 10.0 Å². The first kappa shape index (κ1) is 22.5. The van der Waals surface area contributed by atoms with Gasteiger partial charge in [-0.1, -0.05) is 41.9 Å². The summed E-state index contributed by atoms with van der Waals surface area (Å²) in [6.45, 7) is 0.133. The summed E-state index contributed by atoms with van der Waals surface area (Å²) < 4.78 is 38.1. The Kier molecular flexibility index (Phi) is 7.38. The van der Waals surface area contributed by atoms with Gasteiger partial charge in [0.05, 0.1) is 17.0 Å². The Labute approximate surface area is 186 Å². The molecule has 0 aliphatic carbocycles. The van der Waals surface area contributed by atoms with Crippen LogP contribution in [0.1, 0.15) is 5.56 Å². The maximum Gasteiger partial charge on any atom is 0.261 e. The number of nitrogens with one attached hydrogen (secondary N) is 2. The molecule has 0 radical (unpaired) electrons. The van der Waals surface area contributed by atoms with Crippen LogP contribution >= 0.6 is 11.6 Å². The molecule has 0 aromatic heterocycles. The molecule has 2 N–H and O–H groups in total. The number of halogens is 1. The molecule has 0 aliphatic heterocycles. The molecule has 0 spiro atoms. The van der Waals surface area contributed by atoms with Crippen molar-refractivity contribution in [2.75, 3.05) is 18.4 Å². The predicted molar refractivity (Wildman–Crippen MR) is 119 cm³/mol. The SMILES string of the molecule is COc1ccc(NS(=O)(=O)c2ccc(OCC(=O)NCc3ccccc3)c(Cl)c2)cc1. The molecule has 0 fully saturated rings. The van der Waals surface area contributed by atoms with E-state index in [1.165, 1.54) is 25.3 Å². The van der Waals surface area contributed by atoms with Crippen LogP contribution in [0.15, 0.2) is 77.7 Å². The van der Waals surface area contributed by atoms with E-state index in [9.17, 15) is 13.2 Å². The van der Waals surface area contributed by atoms with Crippen LogP contribution in [0, 0.1) is 0 Å². The Bertz CT molecular complexity index is 1140. The first-order chi connectivity index (χ1) is 14.9. The monoisotopic (exact) mass is 460 g/mol. The van der Waals surface area contributed by atoms with Crippen LogP contribution in [0.25, 0.3) is 0 Å². The summed E-state index contributed by atoms with van der Waals surface area (Å²) in [6.07, 6.45) is 0. The minimum Gasteiger partial charge on any atom is -0.497 e. The second-order valence-electron chi connectivity index (χ2n) is 6.48. The van der Waals surface area contributed by atoms with Gasteiger partial charge in [-0.25, -0.2) is 8.42 Å². The van der Waals surface area contributed by atoms with E-state index in [1.807, 2.05) is 30.3 Å². The minimum absolute atomic E-state index is 0.0332. The summed E-state index contributed by atoms with van der Waals surface area (Å²) in [7, 11) is -2.33. The lowest BCUT2D eigenvalue weighted by Crippen LogP contribution is -2.28. The quantitative estimate of drug-likeness (QED) is 0.506. The second kappa shape index (κ2) is 10.2. The van der Waals surface area contributed by atoms with Gasteiger partial charge in [0.25, 0.3) is 15.9 Å². The number of benzene rings is 3. The Morgan fingerprint density at radius 3 is 2.35 bits per heavy atom. The molecule has 0 bridgehead atoms. The molecule has 3 aromatic carbocycles. The fourth-order valence-electron chi connectivity index (χ4n) is 2.63. The summed E-state index contributed by atoms with van der Waals surface area (Å²) in [6, 6.07) is 20.0. The largest absolute Gasteiger partial charge is 0.497 e. The number of sulfonamides is 1. The van der Waals surface area contributed by atoms with Crippen LogP contribution in [-0.4, -0.2) is 28.0 Å². The molecule has 162 valence electrons. The minimum atomic E-state index is -3.85. The van der Waals surface area contributed by atoms with E-state index in [1.54, 1.807) is 24.3 Å². The molecular formula is C22H21ClN2O5S. The van der Waals surface area contributed by atoms with Gasteiger partial charge in [-0.05, 0) is 48.0 Å². The molecule has 9 heteroatoms. The van der Waals surface area contributed by atoms with Gasteiger partial charge in [0.2, 0.25) is 0 Å². The van der Waals surface area contributed by atoms with Crippen LogP contribution in [-0.2, 0) is 21.4 Å². The van der Waals surface area contributed by atoms with E-state index >= 15 is 0 Å². The molecule has 1 amide bonds. The number of ether oxygens (including phenoxy) is 2. The van der Waals surface area contributed by atoms with Crippen LogP contribution < -0.4 is 19.5 Å². The average molecular weight is 461 g/mol. The Morgan fingerprint density at radius 1 is 1.00 bits per heavy atom. The van der Waals surface area contributed by atoms with E-state index in [0.717, 1.165) is 5.56 Å². The maximum absolute atomic E-state index is 12.6. The number of rotatable bonds is 9. The Hall–Kier alpha value is -3.23. The molecule has 7 nitrogen and oxygen atoms in total. The number of anilines is 1. The predicted octanol–water partition coefficient (Wildman–Crippen LogP) is 3.84. The van der Waals surface area contributed by atoms with Crippen molar-refractivity contribution in [3.8, 4) is 11.5 Å². The zero-order valence-electron chi connectivity index (χ0n) is 16.7. The highest BCUT2D eigenvalue weighted by Crippen LogP contribution is 2.28. The van der Waals surface area contributed by atoms with Crippen LogP contribution in [0.5, 0.6) is 11.5 Å². The number of hydrogen-bond donors (Lipinski definition) is 2. The average Bonchev–Trinajstić information content (AvgIpc) is 2.77. The summed E-state index contributed by atoms with van der Waals surface area (Å²) in [5.74, 6) is 0.498. The number of carbonyl (C=O) groups excluding carboxylic acids is 1. The summed E-state index contributed by atoms with van der Waals surface area (Å²) in [4.78, 5) is 11.9. The smallest absolute Gasteiger partial charge is 0.261 e. The maximum atomic E-state index is 12.6. The molecule has 3 aromatic rings. The van der Waals surface area contributed by atoms with Gasteiger partial charge in [0, 0.05) is 12.2 Å². The van der Waals surface area contributed by atoms with Gasteiger partial charge in [0.15, 0.2) is 6.61 Å². The van der Waals surface area contributed by atoms with E-state index in [4.69, 9.17) is 21.1 Å². The highest BCUT2D eigenvalue weighted by atomic mass is 35.5. The zero-order chi connectivity index (χ0) is 22.3. The molecular weight excluding hydrogens is 440 g/mol. The van der Waals surface area contributed by atoms with Crippen molar-refractivity contribution < 1.29 is 22.7 Å². The normalized spacial score (nSPS) is 10.9. The number of hydrogen-bond acceptors (Lipinski definition) is 5.